The lowest BCUT2D eigenvalue weighted by Gasteiger charge is -2.21. The zero-order valence-corrected chi connectivity index (χ0v) is 16.1. The molecule has 0 atom stereocenters. The quantitative estimate of drug-likeness (QED) is 0.550. The molecule has 0 unspecified atom stereocenters. The molecule has 0 fully saturated rings. The number of benzene rings is 2. The minimum absolute atomic E-state index is 0.165. The molecule has 3 rings (SSSR count). The standard InChI is InChI=1S/C18H19N3O6S/c1-25-15-5-3-4-14(9-15)21(28(2,23)24)11-18(22)20-19-10-13-6-7-16-17(8-13)27-12-26-16/h3-10H,11-12H2,1-2H3,(H,20,22)/b19-10-. The number of amides is 1. The number of nitrogens with zero attached hydrogens (tertiary/aromatic N) is 2. The Hall–Kier alpha value is -3.27. The molecule has 148 valence electrons. The first-order valence-electron chi connectivity index (χ1n) is 8.20. The topological polar surface area (TPSA) is 107 Å². The third-order valence-electron chi connectivity index (χ3n) is 3.83. The number of nitrogens with one attached hydrogen (secondary N) is 1. The number of carbonyl (C=O) groups excluding carboxylic acids is 1. The molecule has 1 N–H and O–H groups in total. The van der Waals surface area contributed by atoms with Gasteiger partial charge in [0.15, 0.2) is 11.5 Å². The highest BCUT2D eigenvalue weighted by Crippen LogP contribution is 2.32. The number of fused-ring (bicyclic) bond motifs is 1. The van der Waals surface area contributed by atoms with E-state index < -0.39 is 22.5 Å². The molecule has 0 saturated heterocycles. The lowest BCUT2D eigenvalue weighted by molar-refractivity contribution is -0.119. The average Bonchev–Trinajstić information content (AvgIpc) is 3.13. The predicted octanol–water partition coefficient (Wildman–Crippen LogP) is 1.34. The Morgan fingerprint density at radius 2 is 2.04 bits per heavy atom. The first-order valence-corrected chi connectivity index (χ1v) is 10.0. The van der Waals surface area contributed by atoms with Crippen LogP contribution in [0.5, 0.6) is 17.2 Å². The van der Waals surface area contributed by atoms with Gasteiger partial charge in [0.05, 0.1) is 25.3 Å². The van der Waals surface area contributed by atoms with Gasteiger partial charge in [-0.05, 0) is 35.9 Å². The molecule has 0 aromatic heterocycles. The Morgan fingerprint density at radius 1 is 1.25 bits per heavy atom. The van der Waals surface area contributed by atoms with E-state index >= 15 is 0 Å². The fourth-order valence-electron chi connectivity index (χ4n) is 2.50. The summed E-state index contributed by atoms with van der Waals surface area (Å²) in [6.07, 6.45) is 2.45. The van der Waals surface area contributed by atoms with Crippen LogP contribution in [0.1, 0.15) is 5.56 Å². The molecule has 1 aliphatic rings. The summed E-state index contributed by atoms with van der Waals surface area (Å²) in [5, 5.41) is 3.86. The van der Waals surface area contributed by atoms with Crippen LogP contribution in [0.25, 0.3) is 0 Å². The van der Waals surface area contributed by atoms with Crippen molar-refractivity contribution in [3.63, 3.8) is 0 Å². The van der Waals surface area contributed by atoms with Crippen LogP contribution in [-0.4, -0.2) is 47.2 Å². The fraction of sp³-hybridized carbons (Fsp3) is 0.222. The second-order valence-corrected chi connectivity index (χ2v) is 7.78. The highest BCUT2D eigenvalue weighted by molar-refractivity contribution is 7.92. The van der Waals surface area contributed by atoms with Gasteiger partial charge in [0.1, 0.15) is 12.3 Å². The zero-order chi connectivity index (χ0) is 20.1. The van der Waals surface area contributed by atoms with Crippen molar-refractivity contribution in [3.05, 3.63) is 48.0 Å². The van der Waals surface area contributed by atoms with Gasteiger partial charge in [-0.1, -0.05) is 6.07 Å². The van der Waals surface area contributed by atoms with Gasteiger partial charge in [0, 0.05) is 6.07 Å². The third-order valence-corrected chi connectivity index (χ3v) is 4.97. The van der Waals surface area contributed by atoms with Crippen molar-refractivity contribution in [2.24, 2.45) is 5.10 Å². The van der Waals surface area contributed by atoms with Crippen molar-refractivity contribution >= 4 is 27.8 Å². The number of anilines is 1. The van der Waals surface area contributed by atoms with E-state index in [4.69, 9.17) is 14.2 Å². The normalized spacial score (nSPS) is 12.8. The Labute approximate surface area is 162 Å². The molecule has 2 aromatic carbocycles. The second kappa shape index (κ2) is 8.17. The van der Waals surface area contributed by atoms with Crippen molar-refractivity contribution in [1.29, 1.82) is 0 Å². The maximum atomic E-state index is 12.2. The molecule has 0 saturated carbocycles. The molecule has 28 heavy (non-hydrogen) atoms. The molecule has 0 aliphatic carbocycles. The van der Waals surface area contributed by atoms with E-state index in [9.17, 15) is 13.2 Å². The number of carbonyl (C=O) groups is 1. The number of hydrazone groups is 1. The summed E-state index contributed by atoms with van der Waals surface area (Å²) in [5.74, 6) is 1.12. The monoisotopic (exact) mass is 405 g/mol. The Kier molecular flexibility index (Phi) is 5.69. The molecule has 10 heteroatoms. The van der Waals surface area contributed by atoms with E-state index in [1.165, 1.54) is 19.4 Å². The van der Waals surface area contributed by atoms with E-state index in [-0.39, 0.29) is 6.79 Å². The SMILES string of the molecule is COc1cccc(N(CC(=O)N/N=C\c2ccc3c(c2)OCO3)S(C)(=O)=O)c1. The van der Waals surface area contributed by atoms with E-state index in [2.05, 4.69) is 10.5 Å². The molecule has 1 aliphatic heterocycles. The molecular weight excluding hydrogens is 386 g/mol. The summed E-state index contributed by atoms with van der Waals surface area (Å²) in [7, 11) is -2.21. The Bertz CT molecular complexity index is 1010. The van der Waals surface area contributed by atoms with E-state index in [1.807, 2.05) is 0 Å². The van der Waals surface area contributed by atoms with Gasteiger partial charge < -0.3 is 14.2 Å². The van der Waals surface area contributed by atoms with Gasteiger partial charge in [0.2, 0.25) is 16.8 Å². The highest BCUT2D eigenvalue weighted by atomic mass is 32.2. The van der Waals surface area contributed by atoms with Crippen molar-refractivity contribution < 1.29 is 27.4 Å². The van der Waals surface area contributed by atoms with Crippen molar-refractivity contribution in [3.8, 4) is 17.2 Å². The molecular formula is C18H19N3O6S. The van der Waals surface area contributed by atoms with Gasteiger partial charge in [-0.15, -0.1) is 0 Å². The van der Waals surface area contributed by atoms with Gasteiger partial charge in [-0.25, -0.2) is 13.8 Å². The maximum absolute atomic E-state index is 12.2. The van der Waals surface area contributed by atoms with Gasteiger partial charge in [-0.3, -0.25) is 9.10 Å². The summed E-state index contributed by atoms with van der Waals surface area (Å²) in [6, 6.07) is 11.6. The van der Waals surface area contributed by atoms with Crippen molar-refractivity contribution in [2.45, 2.75) is 0 Å². The van der Waals surface area contributed by atoms with Crippen LogP contribution >= 0.6 is 0 Å². The molecule has 2 aromatic rings. The fourth-order valence-corrected chi connectivity index (χ4v) is 3.35. The van der Waals surface area contributed by atoms with Gasteiger partial charge in [-0.2, -0.15) is 5.10 Å². The molecule has 0 radical (unpaired) electrons. The van der Waals surface area contributed by atoms with Crippen LogP contribution in [0.3, 0.4) is 0 Å². The molecule has 0 bridgehead atoms. The molecule has 0 spiro atoms. The Balaban J connectivity index is 1.67. The van der Waals surface area contributed by atoms with Gasteiger partial charge >= 0.3 is 0 Å². The second-order valence-electron chi connectivity index (χ2n) is 5.88. The predicted molar refractivity (Wildman–Crippen MR) is 103 cm³/mol. The van der Waals surface area contributed by atoms with Crippen molar-refractivity contribution in [1.82, 2.24) is 5.43 Å². The smallest absolute Gasteiger partial charge is 0.260 e. The Morgan fingerprint density at radius 3 is 2.79 bits per heavy atom. The van der Waals surface area contributed by atoms with Crippen LogP contribution in [-0.2, 0) is 14.8 Å². The number of sulfonamides is 1. The summed E-state index contributed by atoms with van der Waals surface area (Å²) in [5.41, 5.74) is 3.33. The number of methoxy groups -OCH3 is 1. The van der Waals surface area contributed by atoms with Gasteiger partial charge in [0.25, 0.3) is 5.91 Å². The first-order chi connectivity index (χ1) is 13.4. The molecule has 9 nitrogen and oxygen atoms in total. The summed E-state index contributed by atoms with van der Waals surface area (Å²) < 4.78 is 40.8. The lowest BCUT2D eigenvalue weighted by Crippen LogP contribution is -2.39. The highest BCUT2D eigenvalue weighted by Gasteiger charge is 2.21. The van der Waals surface area contributed by atoms with Crippen LogP contribution < -0.4 is 23.9 Å². The minimum atomic E-state index is -3.69. The first kappa shape index (κ1) is 19.5. The van der Waals surface area contributed by atoms with Crippen LogP contribution in [0.2, 0.25) is 0 Å². The number of ether oxygens (including phenoxy) is 3. The lowest BCUT2D eigenvalue weighted by atomic mass is 10.2. The van der Waals surface area contributed by atoms with E-state index in [1.54, 1.807) is 36.4 Å². The van der Waals surface area contributed by atoms with Crippen molar-refractivity contribution in [2.75, 3.05) is 31.0 Å². The van der Waals surface area contributed by atoms with Crippen LogP contribution in [0.4, 0.5) is 5.69 Å². The third kappa shape index (κ3) is 4.71. The summed E-state index contributed by atoms with van der Waals surface area (Å²) >= 11 is 0. The summed E-state index contributed by atoms with van der Waals surface area (Å²) in [6.45, 7) is -0.261. The van der Waals surface area contributed by atoms with E-state index in [0.717, 1.165) is 10.6 Å². The zero-order valence-electron chi connectivity index (χ0n) is 15.3. The largest absolute Gasteiger partial charge is 0.497 e. The molecule has 1 heterocycles. The van der Waals surface area contributed by atoms with Crippen LogP contribution in [0.15, 0.2) is 47.6 Å². The number of rotatable bonds is 7. The maximum Gasteiger partial charge on any atom is 0.260 e. The minimum Gasteiger partial charge on any atom is -0.497 e. The van der Waals surface area contributed by atoms with E-state index in [0.29, 0.717) is 28.5 Å². The number of hydrogen-bond acceptors (Lipinski definition) is 7. The summed E-state index contributed by atoms with van der Waals surface area (Å²) in [4.78, 5) is 12.2. The number of hydrogen-bond donors (Lipinski definition) is 1. The molecule has 1 amide bonds. The average molecular weight is 405 g/mol. The van der Waals surface area contributed by atoms with Crippen LogP contribution in [0, 0.1) is 0 Å².